The summed E-state index contributed by atoms with van der Waals surface area (Å²) in [6, 6.07) is 12.9. The number of benzene rings is 1. The van der Waals surface area contributed by atoms with Gasteiger partial charge in [0.15, 0.2) is 0 Å². The molecule has 0 spiro atoms. The minimum atomic E-state index is -0.0194. The van der Waals surface area contributed by atoms with Gasteiger partial charge in [-0.2, -0.15) is 0 Å². The first kappa shape index (κ1) is 13.4. The van der Waals surface area contributed by atoms with Crippen LogP contribution in [0.2, 0.25) is 0 Å². The van der Waals surface area contributed by atoms with Gasteiger partial charge in [-0.15, -0.1) is 11.8 Å². The zero-order chi connectivity index (χ0) is 13.5. The van der Waals surface area contributed by atoms with Crippen LogP contribution in [0.4, 0.5) is 11.4 Å². The Balaban J connectivity index is 1.76. The fourth-order valence-corrected chi connectivity index (χ4v) is 2.33. The van der Waals surface area contributed by atoms with E-state index in [4.69, 9.17) is 5.73 Å². The van der Waals surface area contributed by atoms with Crippen molar-refractivity contribution in [1.29, 1.82) is 0 Å². The summed E-state index contributed by atoms with van der Waals surface area (Å²) in [5.74, 6) is 0.680. The fraction of sp³-hybridized carbons (Fsp3) is 0.143. The summed E-state index contributed by atoms with van der Waals surface area (Å²) in [7, 11) is 0. The van der Waals surface area contributed by atoms with Gasteiger partial charge in [0, 0.05) is 29.7 Å². The Bertz CT molecular complexity index is 545. The lowest BCUT2D eigenvalue weighted by molar-refractivity contribution is -0.115. The largest absolute Gasteiger partial charge is 0.399 e. The topological polar surface area (TPSA) is 68.0 Å². The van der Waals surface area contributed by atoms with Crippen molar-refractivity contribution in [3.63, 3.8) is 0 Å². The number of carbonyl (C=O) groups excluding carboxylic acids is 1. The van der Waals surface area contributed by atoms with E-state index in [1.54, 1.807) is 30.1 Å². The molecule has 98 valence electrons. The van der Waals surface area contributed by atoms with Crippen LogP contribution in [0.1, 0.15) is 6.42 Å². The predicted octanol–water partition coefficient (Wildman–Crippen LogP) is 2.78. The number of anilines is 2. The molecule has 2 aromatic rings. The third kappa shape index (κ3) is 4.63. The molecule has 1 heterocycles. The van der Waals surface area contributed by atoms with E-state index in [2.05, 4.69) is 10.3 Å². The molecule has 0 aliphatic carbocycles. The number of hydrogen-bond acceptors (Lipinski definition) is 4. The van der Waals surface area contributed by atoms with Crippen molar-refractivity contribution in [1.82, 2.24) is 4.98 Å². The van der Waals surface area contributed by atoms with E-state index in [0.29, 0.717) is 17.9 Å². The molecule has 2 rings (SSSR count). The van der Waals surface area contributed by atoms with E-state index >= 15 is 0 Å². The van der Waals surface area contributed by atoms with Gasteiger partial charge >= 0.3 is 0 Å². The Morgan fingerprint density at radius 3 is 2.89 bits per heavy atom. The molecule has 0 saturated heterocycles. The number of hydrogen-bond donors (Lipinski definition) is 2. The fourth-order valence-electron chi connectivity index (χ4n) is 1.52. The Hall–Kier alpha value is -2.01. The van der Waals surface area contributed by atoms with Crippen LogP contribution in [0.25, 0.3) is 0 Å². The molecule has 0 aliphatic rings. The van der Waals surface area contributed by atoms with Crippen molar-refractivity contribution in [2.75, 3.05) is 16.8 Å². The molecule has 3 N–H and O–H groups in total. The molecule has 0 fully saturated rings. The molecule has 1 amide bonds. The summed E-state index contributed by atoms with van der Waals surface area (Å²) in [6.45, 7) is 0. The van der Waals surface area contributed by atoms with E-state index in [9.17, 15) is 4.79 Å². The number of rotatable bonds is 5. The maximum Gasteiger partial charge on any atom is 0.225 e. The van der Waals surface area contributed by atoms with E-state index in [1.165, 1.54) is 0 Å². The van der Waals surface area contributed by atoms with Crippen LogP contribution in [0, 0.1) is 0 Å². The number of nitrogen functional groups attached to an aromatic ring is 1. The number of pyridine rings is 1. The van der Waals surface area contributed by atoms with Crippen LogP contribution in [0.5, 0.6) is 0 Å². The second kappa shape index (κ2) is 6.80. The molecule has 0 aliphatic heterocycles. The highest BCUT2D eigenvalue weighted by atomic mass is 32.2. The van der Waals surface area contributed by atoms with Crippen molar-refractivity contribution < 1.29 is 4.79 Å². The van der Waals surface area contributed by atoms with Crippen LogP contribution in [-0.2, 0) is 4.79 Å². The van der Waals surface area contributed by atoms with Crippen molar-refractivity contribution in [3.8, 4) is 0 Å². The summed E-state index contributed by atoms with van der Waals surface area (Å²) in [6.07, 6.45) is 2.19. The number of aromatic nitrogens is 1. The van der Waals surface area contributed by atoms with Gasteiger partial charge in [0.05, 0.1) is 5.03 Å². The zero-order valence-corrected chi connectivity index (χ0v) is 11.2. The molecule has 1 aromatic heterocycles. The second-order valence-electron chi connectivity index (χ2n) is 3.94. The molecule has 0 atom stereocenters. The molecular weight excluding hydrogens is 258 g/mol. The van der Waals surface area contributed by atoms with Gasteiger partial charge in [-0.1, -0.05) is 12.1 Å². The Morgan fingerprint density at radius 2 is 2.16 bits per heavy atom. The monoisotopic (exact) mass is 273 g/mol. The second-order valence-corrected chi connectivity index (χ2v) is 5.06. The number of nitrogens with one attached hydrogen (secondary N) is 1. The molecule has 0 unspecified atom stereocenters. The third-order valence-electron chi connectivity index (χ3n) is 2.39. The van der Waals surface area contributed by atoms with Gasteiger partial charge in [0.25, 0.3) is 0 Å². The van der Waals surface area contributed by atoms with Crippen molar-refractivity contribution in [2.45, 2.75) is 11.4 Å². The molecule has 5 heteroatoms. The summed E-state index contributed by atoms with van der Waals surface area (Å²) in [5, 5.41) is 3.75. The first-order chi connectivity index (χ1) is 9.24. The standard InChI is InChI=1S/C14H15N3OS/c15-11-4-3-5-12(10-11)17-13(18)7-9-19-14-6-1-2-8-16-14/h1-6,8,10H,7,9,15H2,(H,17,18). The van der Waals surface area contributed by atoms with Crippen LogP contribution >= 0.6 is 11.8 Å². The number of carbonyl (C=O) groups is 1. The van der Waals surface area contributed by atoms with Crippen molar-refractivity contribution in [3.05, 3.63) is 48.7 Å². The molecule has 0 saturated carbocycles. The minimum Gasteiger partial charge on any atom is -0.399 e. The van der Waals surface area contributed by atoms with Gasteiger partial charge in [-0.3, -0.25) is 4.79 Å². The van der Waals surface area contributed by atoms with E-state index in [-0.39, 0.29) is 5.91 Å². The number of nitrogens with zero attached hydrogens (tertiary/aromatic N) is 1. The quantitative estimate of drug-likeness (QED) is 0.649. The van der Waals surface area contributed by atoms with E-state index in [0.717, 1.165) is 10.7 Å². The van der Waals surface area contributed by atoms with Crippen LogP contribution in [0.3, 0.4) is 0 Å². The van der Waals surface area contributed by atoms with Crippen LogP contribution in [0.15, 0.2) is 53.7 Å². The maximum atomic E-state index is 11.7. The van der Waals surface area contributed by atoms with E-state index < -0.39 is 0 Å². The van der Waals surface area contributed by atoms with Crippen molar-refractivity contribution in [2.24, 2.45) is 0 Å². The molecule has 19 heavy (non-hydrogen) atoms. The first-order valence-corrected chi connectivity index (χ1v) is 6.92. The van der Waals surface area contributed by atoms with Gasteiger partial charge < -0.3 is 11.1 Å². The Labute approximate surface area is 116 Å². The molecule has 4 nitrogen and oxygen atoms in total. The lowest BCUT2D eigenvalue weighted by Crippen LogP contribution is -2.12. The lowest BCUT2D eigenvalue weighted by Gasteiger charge is -2.05. The maximum absolute atomic E-state index is 11.7. The number of nitrogens with two attached hydrogens (primary N) is 1. The van der Waals surface area contributed by atoms with Gasteiger partial charge in [-0.25, -0.2) is 4.98 Å². The van der Waals surface area contributed by atoms with Crippen LogP contribution in [-0.4, -0.2) is 16.6 Å². The number of amides is 1. The Kier molecular flexibility index (Phi) is 4.80. The van der Waals surface area contributed by atoms with Gasteiger partial charge in [0.2, 0.25) is 5.91 Å². The average molecular weight is 273 g/mol. The molecular formula is C14H15N3OS. The summed E-state index contributed by atoms with van der Waals surface area (Å²) in [5.41, 5.74) is 7.02. The summed E-state index contributed by atoms with van der Waals surface area (Å²) in [4.78, 5) is 15.9. The summed E-state index contributed by atoms with van der Waals surface area (Å²) < 4.78 is 0. The third-order valence-corrected chi connectivity index (χ3v) is 3.33. The minimum absolute atomic E-state index is 0.0194. The molecule has 0 radical (unpaired) electrons. The Morgan fingerprint density at radius 1 is 1.26 bits per heavy atom. The average Bonchev–Trinajstić information content (AvgIpc) is 2.40. The smallest absolute Gasteiger partial charge is 0.225 e. The van der Waals surface area contributed by atoms with Gasteiger partial charge in [-0.05, 0) is 30.3 Å². The lowest BCUT2D eigenvalue weighted by atomic mass is 10.3. The zero-order valence-electron chi connectivity index (χ0n) is 10.4. The first-order valence-electron chi connectivity index (χ1n) is 5.93. The normalized spacial score (nSPS) is 10.1. The van der Waals surface area contributed by atoms with Crippen molar-refractivity contribution >= 4 is 29.0 Å². The number of thioether (sulfide) groups is 1. The highest BCUT2D eigenvalue weighted by Crippen LogP contribution is 2.16. The summed E-state index contributed by atoms with van der Waals surface area (Å²) >= 11 is 1.57. The van der Waals surface area contributed by atoms with E-state index in [1.807, 2.05) is 30.3 Å². The molecule has 0 bridgehead atoms. The molecule has 1 aromatic carbocycles. The highest BCUT2D eigenvalue weighted by molar-refractivity contribution is 7.99. The van der Waals surface area contributed by atoms with Crippen LogP contribution < -0.4 is 11.1 Å². The predicted molar refractivity (Wildman–Crippen MR) is 79.1 cm³/mol. The van der Waals surface area contributed by atoms with Gasteiger partial charge in [0.1, 0.15) is 0 Å². The SMILES string of the molecule is Nc1cccc(NC(=O)CCSc2ccccn2)c1. The highest BCUT2D eigenvalue weighted by Gasteiger charge is 2.03.